The molecule has 100 valence electrons. The van der Waals surface area contributed by atoms with Gasteiger partial charge in [0, 0.05) is 23.8 Å². The van der Waals surface area contributed by atoms with Crippen molar-refractivity contribution in [3.63, 3.8) is 0 Å². The maximum Gasteiger partial charge on any atom is 0.227 e. The van der Waals surface area contributed by atoms with Gasteiger partial charge in [-0.3, -0.25) is 4.79 Å². The Hall–Kier alpha value is -1.77. The molecule has 1 aromatic rings. The number of fused-ring (bicyclic) bond motifs is 1. The summed E-state index contributed by atoms with van der Waals surface area (Å²) in [6.45, 7) is 1.05. The summed E-state index contributed by atoms with van der Waals surface area (Å²) in [5.74, 6) is 0.298. The van der Waals surface area contributed by atoms with E-state index in [1.807, 2.05) is 6.07 Å². The van der Waals surface area contributed by atoms with E-state index in [1.165, 1.54) is 11.3 Å². The average molecular weight is 256 g/mol. The van der Waals surface area contributed by atoms with Crippen molar-refractivity contribution in [1.82, 2.24) is 0 Å². The van der Waals surface area contributed by atoms with Gasteiger partial charge in [-0.05, 0) is 55.9 Å². The Labute approximate surface area is 114 Å². The van der Waals surface area contributed by atoms with Crippen molar-refractivity contribution < 1.29 is 4.79 Å². The number of carbonyl (C=O) groups excluding carboxylic acids is 1. The summed E-state index contributed by atoms with van der Waals surface area (Å²) in [6.07, 6.45) is 9.40. The third-order valence-electron chi connectivity index (χ3n) is 3.95. The van der Waals surface area contributed by atoms with E-state index >= 15 is 0 Å². The van der Waals surface area contributed by atoms with E-state index in [1.54, 1.807) is 0 Å². The number of hydrogen-bond acceptors (Lipinski definition) is 2. The lowest BCUT2D eigenvalue weighted by Gasteiger charge is -2.20. The molecule has 3 heteroatoms. The molecule has 0 fully saturated rings. The van der Waals surface area contributed by atoms with E-state index in [0.29, 0.717) is 0 Å². The number of amides is 1. The van der Waals surface area contributed by atoms with Crippen LogP contribution >= 0.6 is 0 Å². The molecule has 0 saturated carbocycles. The lowest BCUT2D eigenvalue weighted by atomic mass is 9.93. The molecule has 1 aliphatic heterocycles. The molecule has 0 aromatic heterocycles. The summed E-state index contributed by atoms with van der Waals surface area (Å²) in [6, 6.07) is 6.18. The van der Waals surface area contributed by atoms with Gasteiger partial charge in [0.25, 0.3) is 0 Å². The lowest BCUT2D eigenvalue weighted by molar-refractivity contribution is -0.120. The van der Waals surface area contributed by atoms with Crippen molar-refractivity contribution in [2.75, 3.05) is 17.2 Å². The number of carbonyl (C=O) groups is 1. The van der Waals surface area contributed by atoms with E-state index in [2.05, 4.69) is 34.9 Å². The monoisotopic (exact) mass is 256 g/mol. The molecule has 1 aliphatic carbocycles. The minimum atomic E-state index is 0.138. The molecular weight excluding hydrogens is 236 g/mol. The van der Waals surface area contributed by atoms with Gasteiger partial charge in [-0.25, -0.2) is 0 Å². The van der Waals surface area contributed by atoms with Crippen molar-refractivity contribution in [3.8, 4) is 0 Å². The van der Waals surface area contributed by atoms with Crippen LogP contribution in [-0.4, -0.2) is 12.5 Å². The van der Waals surface area contributed by atoms with Gasteiger partial charge < -0.3 is 10.6 Å². The Morgan fingerprint density at radius 3 is 3.11 bits per heavy atom. The number of anilines is 2. The first-order valence-corrected chi connectivity index (χ1v) is 7.15. The Morgan fingerprint density at radius 2 is 2.26 bits per heavy atom. The topological polar surface area (TPSA) is 41.1 Å². The third kappa shape index (κ3) is 2.80. The van der Waals surface area contributed by atoms with E-state index < -0.39 is 0 Å². The summed E-state index contributed by atoms with van der Waals surface area (Å²) < 4.78 is 0. The highest BCUT2D eigenvalue weighted by Gasteiger charge is 2.19. The molecule has 0 bridgehead atoms. The molecule has 1 unspecified atom stereocenters. The first kappa shape index (κ1) is 12.3. The molecule has 0 radical (unpaired) electrons. The molecule has 0 spiro atoms. The van der Waals surface area contributed by atoms with Crippen molar-refractivity contribution >= 4 is 17.3 Å². The van der Waals surface area contributed by atoms with Crippen LogP contribution in [0.25, 0.3) is 0 Å². The average Bonchev–Trinajstić information content (AvgIpc) is 2.48. The highest BCUT2D eigenvalue weighted by Crippen LogP contribution is 2.26. The zero-order valence-corrected chi connectivity index (χ0v) is 11.1. The Balaban J connectivity index is 1.69. The van der Waals surface area contributed by atoms with E-state index in [-0.39, 0.29) is 11.8 Å². The fraction of sp³-hybridized carbons (Fsp3) is 0.438. The van der Waals surface area contributed by atoms with Gasteiger partial charge >= 0.3 is 0 Å². The minimum Gasteiger partial charge on any atom is -0.385 e. The molecule has 3 rings (SSSR count). The third-order valence-corrected chi connectivity index (χ3v) is 3.95. The molecule has 2 N–H and O–H groups in total. The Bertz CT molecular complexity index is 507. The molecule has 1 heterocycles. The van der Waals surface area contributed by atoms with Crippen LogP contribution in [0, 0.1) is 5.92 Å². The zero-order valence-electron chi connectivity index (χ0n) is 11.1. The van der Waals surface area contributed by atoms with Crippen molar-refractivity contribution in [2.24, 2.45) is 5.92 Å². The molecular formula is C16H20N2O. The molecule has 2 aliphatic rings. The maximum absolute atomic E-state index is 12.2. The highest BCUT2D eigenvalue weighted by molar-refractivity contribution is 5.93. The molecule has 19 heavy (non-hydrogen) atoms. The van der Waals surface area contributed by atoms with Crippen molar-refractivity contribution in [1.29, 1.82) is 0 Å². The smallest absolute Gasteiger partial charge is 0.227 e. The van der Waals surface area contributed by atoms with Crippen LogP contribution in [0.2, 0.25) is 0 Å². The van der Waals surface area contributed by atoms with Crippen LogP contribution in [0.15, 0.2) is 30.4 Å². The largest absolute Gasteiger partial charge is 0.385 e. The predicted octanol–water partition coefficient (Wildman–Crippen LogP) is 3.34. The van der Waals surface area contributed by atoms with Crippen LogP contribution in [0.1, 0.15) is 31.2 Å². The van der Waals surface area contributed by atoms with Crippen LogP contribution in [-0.2, 0) is 11.2 Å². The number of nitrogens with one attached hydrogen (secondary N) is 2. The standard InChI is InChI=1S/C16H20N2O/c19-16(12-5-2-1-3-6-12)18-14-8-9-15-13(11-14)7-4-10-17-15/h1-2,8-9,11-12,17H,3-7,10H2,(H,18,19). The summed E-state index contributed by atoms with van der Waals surface area (Å²) in [4.78, 5) is 12.2. The number of aryl methyl sites for hydroxylation is 1. The van der Waals surface area contributed by atoms with Gasteiger partial charge in [0.05, 0.1) is 0 Å². The van der Waals surface area contributed by atoms with Gasteiger partial charge in [-0.1, -0.05) is 12.2 Å². The number of benzene rings is 1. The number of hydrogen-bond donors (Lipinski definition) is 2. The maximum atomic E-state index is 12.2. The van der Waals surface area contributed by atoms with Gasteiger partial charge in [-0.15, -0.1) is 0 Å². The van der Waals surface area contributed by atoms with E-state index in [4.69, 9.17) is 0 Å². The van der Waals surface area contributed by atoms with Crippen LogP contribution in [0.3, 0.4) is 0 Å². The second-order valence-corrected chi connectivity index (χ2v) is 5.37. The van der Waals surface area contributed by atoms with Gasteiger partial charge in [-0.2, -0.15) is 0 Å². The lowest BCUT2D eigenvalue weighted by Crippen LogP contribution is -2.23. The normalized spacial score (nSPS) is 21.4. The fourth-order valence-corrected chi connectivity index (χ4v) is 2.83. The number of allylic oxidation sites excluding steroid dienone is 2. The highest BCUT2D eigenvalue weighted by atomic mass is 16.1. The van der Waals surface area contributed by atoms with Crippen LogP contribution in [0.4, 0.5) is 11.4 Å². The zero-order chi connectivity index (χ0) is 13.1. The second kappa shape index (κ2) is 5.47. The summed E-state index contributed by atoms with van der Waals surface area (Å²) in [5, 5.41) is 6.45. The summed E-state index contributed by atoms with van der Waals surface area (Å²) in [7, 11) is 0. The first-order chi connectivity index (χ1) is 9.33. The SMILES string of the molecule is O=C(Nc1ccc2c(c1)CCCN2)C1CC=CCC1. The minimum absolute atomic E-state index is 0.138. The quantitative estimate of drug-likeness (QED) is 0.797. The number of rotatable bonds is 2. The van der Waals surface area contributed by atoms with E-state index in [9.17, 15) is 4.79 Å². The Morgan fingerprint density at radius 1 is 1.32 bits per heavy atom. The fourth-order valence-electron chi connectivity index (χ4n) is 2.83. The molecule has 1 amide bonds. The molecule has 3 nitrogen and oxygen atoms in total. The van der Waals surface area contributed by atoms with Gasteiger partial charge in [0.15, 0.2) is 0 Å². The Kier molecular flexibility index (Phi) is 3.53. The molecule has 0 saturated heterocycles. The van der Waals surface area contributed by atoms with E-state index in [0.717, 1.165) is 44.3 Å². The van der Waals surface area contributed by atoms with Gasteiger partial charge in [0.1, 0.15) is 0 Å². The van der Waals surface area contributed by atoms with Crippen LogP contribution in [0.5, 0.6) is 0 Å². The predicted molar refractivity (Wildman–Crippen MR) is 78.4 cm³/mol. The van der Waals surface area contributed by atoms with Crippen LogP contribution < -0.4 is 10.6 Å². The molecule has 1 aromatic carbocycles. The van der Waals surface area contributed by atoms with Gasteiger partial charge in [0.2, 0.25) is 5.91 Å². The molecule has 1 atom stereocenters. The second-order valence-electron chi connectivity index (χ2n) is 5.37. The van der Waals surface area contributed by atoms with Crippen molar-refractivity contribution in [2.45, 2.75) is 32.1 Å². The summed E-state index contributed by atoms with van der Waals surface area (Å²) in [5.41, 5.74) is 3.46. The first-order valence-electron chi connectivity index (χ1n) is 7.15. The summed E-state index contributed by atoms with van der Waals surface area (Å²) >= 11 is 0. The van der Waals surface area contributed by atoms with Crippen molar-refractivity contribution in [3.05, 3.63) is 35.9 Å².